The van der Waals surface area contributed by atoms with Crippen LogP contribution in [-0.2, 0) is 9.47 Å². The SMILES string of the molecule is [CH]OC1CCOC1. The van der Waals surface area contributed by atoms with Gasteiger partial charge in [0, 0.05) is 6.61 Å². The fourth-order valence-corrected chi connectivity index (χ4v) is 0.620. The first-order valence-electron chi connectivity index (χ1n) is 2.37. The second kappa shape index (κ2) is 2.28. The normalized spacial score (nSPS) is 31.3. The lowest BCUT2D eigenvalue weighted by molar-refractivity contribution is 0.106. The van der Waals surface area contributed by atoms with Crippen molar-refractivity contribution < 1.29 is 9.47 Å². The minimum Gasteiger partial charge on any atom is -0.379 e. The Morgan fingerprint density at radius 3 is 2.86 bits per heavy atom. The maximum absolute atomic E-state index is 4.94. The fraction of sp³-hybridized carbons (Fsp3) is 0.800. The third-order valence-electron chi connectivity index (χ3n) is 1.08. The monoisotopic (exact) mass is 100 g/mol. The highest BCUT2D eigenvalue weighted by molar-refractivity contribution is 4.61. The molecule has 0 aliphatic carbocycles. The van der Waals surface area contributed by atoms with Gasteiger partial charge in [-0.2, -0.15) is 0 Å². The minimum atomic E-state index is 0.153. The van der Waals surface area contributed by atoms with Crippen molar-refractivity contribution in [3.8, 4) is 0 Å². The van der Waals surface area contributed by atoms with Crippen molar-refractivity contribution in [1.82, 2.24) is 0 Å². The molecule has 1 fully saturated rings. The maximum Gasteiger partial charge on any atom is 0.116 e. The summed E-state index contributed by atoms with van der Waals surface area (Å²) in [6.45, 7) is 1.46. The van der Waals surface area contributed by atoms with E-state index < -0.39 is 0 Å². The smallest absolute Gasteiger partial charge is 0.116 e. The van der Waals surface area contributed by atoms with Gasteiger partial charge in [-0.15, -0.1) is 0 Å². The van der Waals surface area contributed by atoms with Crippen molar-refractivity contribution in [2.24, 2.45) is 0 Å². The van der Waals surface area contributed by atoms with Gasteiger partial charge >= 0.3 is 0 Å². The summed E-state index contributed by atoms with van der Waals surface area (Å²) in [7, 11) is 4.85. The van der Waals surface area contributed by atoms with Crippen LogP contribution >= 0.6 is 0 Å². The molecule has 0 bridgehead atoms. The van der Waals surface area contributed by atoms with Crippen molar-refractivity contribution in [2.45, 2.75) is 12.5 Å². The predicted octanol–water partition coefficient (Wildman–Crippen LogP) is 0.460. The molecular formula is C5H8O2. The van der Waals surface area contributed by atoms with Crippen LogP contribution in [0.15, 0.2) is 0 Å². The molecule has 1 aliphatic heterocycles. The number of ether oxygens (including phenoxy) is 2. The summed E-state index contributed by atoms with van der Waals surface area (Å²) in [6, 6.07) is 0. The van der Waals surface area contributed by atoms with Crippen LogP contribution in [0, 0.1) is 7.11 Å². The lowest BCUT2D eigenvalue weighted by Gasteiger charge is -1.99. The van der Waals surface area contributed by atoms with Crippen molar-refractivity contribution >= 4 is 0 Å². The lowest BCUT2D eigenvalue weighted by Crippen LogP contribution is -2.06. The average molecular weight is 100 g/mol. The Kier molecular flexibility index (Phi) is 1.65. The molecule has 0 spiro atoms. The second-order valence-corrected chi connectivity index (χ2v) is 1.62. The summed E-state index contributed by atoms with van der Waals surface area (Å²) in [5, 5.41) is 0. The summed E-state index contributed by atoms with van der Waals surface area (Å²) in [4.78, 5) is 0. The number of hydrogen-bond donors (Lipinski definition) is 0. The van der Waals surface area contributed by atoms with Gasteiger partial charge in [0.25, 0.3) is 0 Å². The van der Waals surface area contributed by atoms with Crippen LogP contribution in [0.5, 0.6) is 0 Å². The van der Waals surface area contributed by atoms with Gasteiger partial charge in [-0.25, -0.2) is 0 Å². The van der Waals surface area contributed by atoms with Crippen LogP contribution in [0.2, 0.25) is 0 Å². The maximum atomic E-state index is 4.94. The third kappa shape index (κ3) is 1.14. The highest BCUT2D eigenvalue weighted by atomic mass is 16.5. The zero-order valence-corrected chi connectivity index (χ0v) is 4.09. The third-order valence-corrected chi connectivity index (χ3v) is 1.08. The van der Waals surface area contributed by atoms with E-state index in [2.05, 4.69) is 4.74 Å². The highest BCUT2D eigenvalue weighted by Gasteiger charge is 2.13. The molecule has 0 aromatic heterocycles. The molecule has 1 unspecified atom stereocenters. The molecule has 2 radical (unpaired) electrons. The molecular weight excluding hydrogens is 92.1 g/mol. The Bertz CT molecular complexity index is 48.0. The molecule has 1 atom stereocenters. The van der Waals surface area contributed by atoms with Gasteiger partial charge in [-0.3, -0.25) is 0 Å². The average Bonchev–Trinajstić information content (AvgIpc) is 2.14. The standard InChI is InChI=1S/C5H8O2/c1-6-5-2-3-7-4-5/h1,5H,2-4H2. The molecule has 1 rings (SSSR count). The Morgan fingerprint density at radius 2 is 2.57 bits per heavy atom. The topological polar surface area (TPSA) is 18.5 Å². The number of rotatable bonds is 1. The molecule has 0 aromatic carbocycles. The van der Waals surface area contributed by atoms with E-state index in [1.807, 2.05) is 0 Å². The van der Waals surface area contributed by atoms with Gasteiger partial charge in [0.05, 0.1) is 12.7 Å². The van der Waals surface area contributed by atoms with E-state index in [1.165, 1.54) is 0 Å². The van der Waals surface area contributed by atoms with E-state index >= 15 is 0 Å². The first-order valence-corrected chi connectivity index (χ1v) is 2.37. The Hall–Kier alpha value is -0.0800. The van der Waals surface area contributed by atoms with E-state index in [9.17, 15) is 0 Å². The summed E-state index contributed by atoms with van der Waals surface area (Å²) >= 11 is 0. The van der Waals surface area contributed by atoms with Crippen LogP contribution in [0.1, 0.15) is 6.42 Å². The molecule has 40 valence electrons. The van der Waals surface area contributed by atoms with Crippen molar-refractivity contribution in [3.05, 3.63) is 7.11 Å². The van der Waals surface area contributed by atoms with Gasteiger partial charge in [0.15, 0.2) is 0 Å². The van der Waals surface area contributed by atoms with E-state index in [4.69, 9.17) is 11.8 Å². The van der Waals surface area contributed by atoms with E-state index in [1.54, 1.807) is 0 Å². The molecule has 2 nitrogen and oxygen atoms in total. The van der Waals surface area contributed by atoms with Crippen LogP contribution in [0.3, 0.4) is 0 Å². The summed E-state index contributed by atoms with van der Waals surface area (Å²) in [5.41, 5.74) is 0. The van der Waals surface area contributed by atoms with Crippen molar-refractivity contribution in [2.75, 3.05) is 13.2 Å². The van der Waals surface area contributed by atoms with Crippen molar-refractivity contribution in [1.29, 1.82) is 0 Å². The van der Waals surface area contributed by atoms with Crippen LogP contribution in [0.25, 0.3) is 0 Å². The fourth-order valence-electron chi connectivity index (χ4n) is 0.620. The predicted molar refractivity (Wildman–Crippen MR) is 24.6 cm³/mol. The molecule has 1 aliphatic rings. The van der Waals surface area contributed by atoms with E-state index in [-0.39, 0.29) is 6.10 Å². The molecule has 1 saturated heterocycles. The first kappa shape index (κ1) is 5.06. The van der Waals surface area contributed by atoms with E-state index in [0.717, 1.165) is 13.0 Å². The molecule has 0 saturated carbocycles. The van der Waals surface area contributed by atoms with Gasteiger partial charge in [-0.1, -0.05) is 0 Å². The van der Waals surface area contributed by atoms with Gasteiger partial charge < -0.3 is 9.47 Å². The van der Waals surface area contributed by atoms with Crippen molar-refractivity contribution in [3.63, 3.8) is 0 Å². The van der Waals surface area contributed by atoms with Crippen LogP contribution in [0.4, 0.5) is 0 Å². The van der Waals surface area contributed by atoms with E-state index in [0.29, 0.717) is 6.61 Å². The molecule has 7 heavy (non-hydrogen) atoms. The van der Waals surface area contributed by atoms with Gasteiger partial charge in [0.1, 0.15) is 7.11 Å². The highest BCUT2D eigenvalue weighted by Crippen LogP contribution is 2.05. The number of hydrogen-bond acceptors (Lipinski definition) is 2. The minimum absolute atomic E-state index is 0.153. The molecule has 0 amide bonds. The van der Waals surface area contributed by atoms with Gasteiger partial charge in [0.2, 0.25) is 0 Å². The lowest BCUT2D eigenvalue weighted by atomic mass is 10.3. The summed E-state index contributed by atoms with van der Waals surface area (Å²) in [6.07, 6.45) is 1.09. The van der Waals surface area contributed by atoms with Crippen LogP contribution < -0.4 is 0 Å². The Morgan fingerprint density at radius 1 is 1.71 bits per heavy atom. The Balaban J connectivity index is 2.14. The summed E-state index contributed by atoms with van der Waals surface area (Å²) in [5.74, 6) is 0. The molecule has 0 aromatic rings. The summed E-state index contributed by atoms with van der Waals surface area (Å²) < 4.78 is 9.43. The Labute approximate surface area is 43.4 Å². The zero-order valence-electron chi connectivity index (χ0n) is 4.09. The largest absolute Gasteiger partial charge is 0.379 e. The quantitative estimate of drug-likeness (QED) is 0.476. The molecule has 0 N–H and O–H groups in total. The molecule has 2 heteroatoms. The zero-order chi connectivity index (χ0) is 5.11. The van der Waals surface area contributed by atoms with Gasteiger partial charge in [-0.05, 0) is 6.42 Å². The van der Waals surface area contributed by atoms with Crippen LogP contribution in [-0.4, -0.2) is 19.3 Å². The molecule has 1 heterocycles. The first-order chi connectivity index (χ1) is 3.43. The second-order valence-electron chi connectivity index (χ2n) is 1.62.